The fourth-order valence-electron chi connectivity index (χ4n) is 2.89. The molecule has 6 nitrogen and oxygen atoms in total. The Morgan fingerprint density at radius 2 is 2.14 bits per heavy atom. The largest absolute Gasteiger partial charge is 0.378 e. The minimum absolute atomic E-state index is 0.743. The Kier molecular flexibility index (Phi) is 2.89. The Balaban J connectivity index is 1.89. The van der Waals surface area contributed by atoms with Gasteiger partial charge >= 0.3 is 0 Å². The van der Waals surface area contributed by atoms with E-state index in [1.165, 1.54) is 0 Å². The number of ether oxygens (including phenoxy) is 1. The lowest BCUT2D eigenvalue weighted by Gasteiger charge is -2.27. The number of hydrogen-bond donors (Lipinski definition) is 1. The number of fused-ring (bicyclic) bond motifs is 1. The molecule has 0 aliphatic carbocycles. The van der Waals surface area contributed by atoms with Crippen molar-refractivity contribution in [2.45, 2.75) is 6.92 Å². The van der Waals surface area contributed by atoms with E-state index in [2.05, 4.69) is 25.3 Å². The van der Waals surface area contributed by atoms with E-state index in [4.69, 9.17) is 9.72 Å². The first-order valence-electron chi connectivity index (χ1n) is 7.14. The lowest BCUT2D eigenvalue weighted by molar-refractivity contribution is 0.122. The van der Waals surface area contributed by atoms with Crippen LogP contribution in [0.4, 0.5) is 5.82 Å². The van der Waals surface area contributed by atoms with Crippen LogP contribution in [0.15, 0.2) is 30.9 Å². The van der Waals surface area contributed by atoms with Gasteiger partial charge in [0.15, 0.2) is 11.5 Å². The number of anilines is 1. The molecular weight excluding hydrogens is 266 g/mol. The molecule has 108 valence electrons. The molecule has 0 spiro atoms. The molecule has 0 bridgehead atoms. The van der Waals surface area contributed by atoms with Crippen molar-refractivity contribution in [2.24, 2.45) is 0 Å². The van der Waals surface area contributed by atoms with Crippen molar-refractivity contribution in [1.29, 1.82) is 0 Å². The number of aromatic amines is 1. The summed E-state index contributed by atoms with van der Waals surface area (Å²) in [5.41, 5.74) is 4.17. The Bertz CT molecular complexity index is 756. The van der Waals surface area contributed by atoms with Crippen LogP contribution in [-0.4, -0.2) is 45.7 Å². The van der Waals surface area contributed by atoms with Crippen LogP contribution in [0.5, 0.6) is 0 Å². The summed E-state index contributed by atoms with van der Waals surface area (Å²) < 4.78 is 7.54. The molecule has 0 radical (unpaired) electrons. The second-order valence-electron chi connectivity index (χ2n) is 5.19. The second-order valence-corrected chi connectivity index (χ2v) is 5.19. The van der Waals surface area contributed by atoms with Crippen LogP contribution in [0.2, 0.25) is 0 Å². The van der Waals surface area contributed by atoms with Crippen LogP contribution < -0.4 is 4.90 Å². The van der Waals surface area contributed by atoms with Gasteiger partial charge < -0.3 is 14.6 Å². The van der Waals surface area contributed by atoms with Crippen molar-refractivity contribution in [3.8, 4) is 11.3 Å². The normalized spacial score (nSPS) is 15.8. The van der Waals surface area contributed by atoms with E-state index in [1.54, 1.807) is 0 Å². The lowest BCUT2D eigenvalue weighted by Crippen LogP contribution is -2.37. The van der Waals surface area contributed by atoms with E-state index in [9.17, 15) is 0 Å². The van der Waals surface area contributed by atoms with Gasteiger partial charge in [-0.15, -0.1) is 0 Å². The minimum atomic E-state index is 0.743. The predicted molar refractivity (Wildman–Crippen MR) is 80.5 cm³/mol. The first kappa shape index (κ1) is 12.4. The molecule has 0 unspecified atom stereocenters. The number of hydrogen-bond acceptors (Lipinski definition) is 4. The Labute approximate surface area is 122 Å². The monoisotopic (exact) mass is 283 g/mol. The quantitative estimate of drug-likeness (QED) is 0.780. The number of morpholine rings is 1. The van der Waals surface area contributed by atoms with Crippen molar-refractivity contribution >= 4 is 11.5 Å². The van der Waals surface area contributed by atoms with E-state index in [-0.39, 0.29) is 0 Å². The molecule has 1 aliphatic heterocycles. The van der Waals surface area contributed by atoms with Crippen LogP contribution in [0.3, 0.4) is 0 Å². The molecule has 1 N–H and O–H groups in total. The molecule has 3 aromatic heterocycles. The van der Waals surface area contributed by atoms with Crippen molar-refractivity contribution in [1.82, 2.24) is 19.4 Å². The topological polar surface area (TPSA) is 58.4 Å². The smallest absolute Gasteiger partial charge is 0.181 e. The molecule has 0 saturated carbocycles. The van der Waals surface area contributed by atoms with Crippen LogP contribution in [0, 0.1) is 6.92 Å². The van der Waals surface area contributed by atoms with Gasteiger partial charge in [-0.25, -0.2) is 9.97 Å². The zero-order valence-corrected chi connectivity index (χ0v) is 11.9. The number of aromatic nitrogens is 4. The standard InChI is InChI=1S/C15H17N5O/c1-11-13(12-2-3-16-10-12)20-5-4-17-14(15(20)18-11)19-6-8-21-9-7-19/h2-5,10,16H,6-9H2,1H3. The molecule has 1 fully saturated rings. The lowest BCUT2D eigenvalue weighted by atomic mass is 10.2. The molecule has 4 heterocycles. The third-order valence-corrected chi connectivity index (χ3v) is 3.88. The third kappa shape index (κ3) is 1.99. The highest BCUT2D eigenvalue weighted by molar-refractivity contribution is 5.73. The maximum absolute atomic E-state index is 5.42. The van der Waals surface area contributed by atoms with Crippen molar-refractivity contribution in [2.75, 3.05) is 31.2 Å². The second kappa shape index (κ2) is 4.89. The summed E-state index contributed by atoms with van der Waals surface area (Å²) >= 11 is 0. The number of nitrogens with one attached hydrogen (secondary N) is 1. The Hall–Kier alpha value is -2.34. The number of H-pyrrole nitrogens is 1. The maximum Gasteiger partial charge on any atom is 0.181 e. The SMILES string of the molecule is Cc1nc2c(N3CCOCC3)nccn2c1-c1cc[nH]c1. The van der Waals surface area contributed by atoms with E-state index in [1.807, 2.05) is 31.7 Å². The van der Waals surface area contributed by atoms with Gasteiger partial charge in [0.05, 0.1) is 24.6 Å². The summed E-state index contributed by atoms with van der Waals surface area (Å²) in [5.74, 6) is 0.936. The molecule has 6 heteroatoms. The molecule has 4 rings (SSSR count). The molecule has 1 aliphatic rings. The summed E-state index contributed by atoms with van der Waals surface area (Å²) in [6.45, 7) is 5.24. The summed E-state index contributed by atoms with van der Waals surface area (Å²) in [7, 11) is 0. The van der Waals surface area contributed by atoms with E-state index in [0.717, 1.165) is 54.7 Å². The van der Waals surface area contributed by atoms with Gasteiger partial charge in [-0.2, -0.15) is 0 Å². The highest BCUT2D eigenvalue weighted by atomic mass is 16.5. The van der Waals surface area contributed by atoms with Gasteiger partial charge in [0.2, 0.25) is 0 Å². The van der Waals surface area contributed by atoms with Gasteiger partial charge in [0.1, 0.15) is 0 Å². The minimum Gasteiger partial charge on any atom is -0.378 e. The molecule has 0 aromatic carbocycles. The maximum atomic E-state index is 5.42. The van der Waals surface area contributed by atoms with Gasteiger partial charge in [-0.3, -0.25) is 4.40 Å². The number of aryl methyl sites for hydroxylation is 1. The van der Waals surface area contributed by atoms with Gasteiger partial charge in [0.25, 0.3) is 0 Å². The zero-order valence-electron chi connectivity index (χ0n) is 11.9. The average molecular weight is 283 g/mol. The van der Waals surface area contributed by atoms with Crippen LogP contribution in [-0.2, 0) is 4.74 Å². The van der Waals surface area contributed by atoms with Gasteiger partial charge in [-0.1, -0.05) is 0 Å². The number of rotatable bonds is 2. The molecular formula is C15H17N5O. The molecule has 21 heavy (non-hydrogen) atoms. The first-order chi connectivity index (χ1) is 10.3. The summed E-state index contributed by atoms with van der Waals surface area (Å²) in [6, 6.07) is 2.06. The highest BCUT2D eigenvalue weighted by Crippen LogP contribution is 2.28. The van der Waals surface area contributed by atoms with Gasteiger partial charge in [0, 0.05) is 43.4 Å². The Morgan fingerprint density at radius 1 is 1.29 bits per heavy atom. The average Bonchev–Trinajstić information content (AvgIpc) is 3.14. The van der Waals surface area contributed by atoms with Crippen molar-refractivity contribution < 1.29 is 4.74 Å². The van der Waals surface area contributed by atoms with E-state index >= 15 is 0 Å². The van der Waals surface area contributed by atoms with Crippen LogP contribution in [0.1, 0.15) is 5.69 Å². The van der Waals surface area contributed by atoms with E-state index < -0.39 is 0 Å². The fraction of sp³-hybridized carbons (Fsp3) is 0.333. The molecule has 1 saturated heterocycles. The first-order valence-corrected chi connectivity index (χ1v) is 7.14. The van der Waals surface area contributed by atoms with Crippen LogP contribution >= 0.6 is 0 Å². The molecule has 3 aromatic rings. The van der Waals surface area contributed by atoms with Gasteiger partial charge in [-0.05, 0) is 13.0 Å². The fourth-order valence-corrected chi connectivity index (χ4v) is 2.89. The highest BCUT2D eigenvalue weighted by Gasteiger charge is 2.19. The predicted octanol–water partition coefficient (Wildman–Crippen LogP) is 1.87. The van der Waals surface area contributed by atoms with Crippen molar-refractivity contribution in [3.63, 3.8) is 0 Å². The zero-order chi connectivity index (χ0) is 14.2. The molecule has 0 atom stereocenters. The van der Waals surface area contributed by atoms with Crippen LogP contribution in [0.25, 0.3) is 16.9 Å². The van der Waals surface area contributed by atoms with E-state index in [0.29, 0.717) is 0 Å². The number of imidazole rings is 1. The summed E-state index contributed by atoms with van der Waals surface area (Å²) in [6.07, 6.45) is 7.74. The molecule has 0 amide bonds. The van der Waals surface area contributed by atoms with Crippen molar-refractivity contribution in [3.05, 3.63) is 36.5 Å². The summed E-state index contributed by atoms with van der Waals surface area (Å²) in [5, 5.41) is 0. The Morgan fingerprint density at radius 3 is 2.90 bits per heavy atom. The third-order valence-electron chi connectivity index (χ3n) is 3.88. The number of nitrogens with zero attached hydrogens (tertiary/aromatic N) is 4. The summed E-state index contributed by atoms with van der Waals surface area (Å²) in [4.78, 5) is 14.6.